The van der Waals surface area contributed by atoms with Crippen molar-refractivity contribution in [2.75, 3.05) is 46.9 Å². The molecule has 1 fully saturated rings. The predicted molar refractivity (Wildman–Crippen MR) is 89.8 cm³/mol. The molecule has 1 atom stereocenters. The maximum Gasteiger partial charge on any atom is 0.0793 e. The molecule has 4 heteroatoms. The van der Waals surface area contributed by atoms with Crippen LogP contribution in [0.15, 0.2) is 30.3 Å². The van der Waals surface area contributed by atoms with E-state index in [4.69, 9.17) is 4.74 Å². The molecule has 0 spiro atoms. The van der Waals surface area contributed by atoms with Gasteiger partial charge >= 0.3 is 0 Å². The van der Waals surface area contributed by atoms with Crippen LogP contribution in [-0.2, 0) is 11.3 Å². The highest BCUT2D eigenvalue weighted by atomic mass is 16.5. The zero-order chi connectivity index (χ0) is 15.8. The number of hydrogen-bond acceptors (Lipinski definition) is 4. The van der Waals surface area contributed by atoms with Gasteiger partial charge in [0.1, 0.15) is 0 Å². The molecular formula is C18H30N2O2. The Bertz CT molecular complexity index is 407. The Morgan fingerprint density at radius 1 is 1.09 bits per heavy atom. The number of benzene rings is 1. The summed E-state index contributed by atoms with van der Waals surface area (Å²) in [5.41, 5.74) is 1.28. The zero-order valence-electron chi connectivity index (χ0n) is 13.9. The van der Waals surface area contributed by atoms with E-state index < -0.39 is 0 Å². The number of rotatable bonds is 8. The molecule has 1 heterocycles. The third-order valence-electron chi connectivity index (χ3n) is 4.25. The lowest BCUT2D eigenvalue weighted by atomic mass is 10.00. The molecule has 0 saturated carbocycles. The van der Waals surface area contributed by atoms with Crippen molar-refractivity contribution in [2.45, 2.75) is 25.5 Å². The van der Waals surface area contributed by atoms with Crippen molar-refractivity contribution >= 4 is 0 Å². The third kappa shape index (κ3) is 6.44. The van der Waals surface area contributed by atoms with Crippen LogP contribution in [0.4, 0.5) is 0 Å². The summed E-state index contributed by atoms with van der Waals surface area (Å²) in [5, 5.41) is 10.3. The van der Waals surface area contributed by atoms with Gasteiger partial charge in [-0.1, -0.05) is 30.3 Å². The van der Waals surface area contributed by atoms with Crippen LogP contribution in [0.5, 0.6) is 0 Å². The molecule has 1 aliphatic heterocycles. The Morgan fingerprint density at radius 2 is 1.73 bits per heavy atom. The highest BCUT2D eigenvalue weighted by molar-refractivity contribution is 5.14. The lowest BCUT2D eigenvalue weighted by Gasteiger charge is -2.29. The second-order valence-electron chi connectivity index (χ2n) is 6.61. The van der Waals surface area contributed by atoms with Crippen LogP contribution in [0.1, 0.15) is 18.4 Å². The van der Waals surface area contributed by atoms with Gasteiger partial charge in [0.2, 0.25) is 0 Å². The van der Waals surface area contributed by atoms with Crippen LogP contribution >= 0.6 is 0 Å². The normalized spacial score (nSPS) is 18.0. The van der Waals surface area contributed by atoms with Crippen LogP contribution in [-0.4, -0.2) is 68.0 Å². The van der Waals surface area contributed by atoms with Gasteiger partial charge in [0, 0.05) is 39.4 Å². The van der Waals surface area contributed by atoms with Gasteiger partial charge in [-0.15, -0.1) is 0 Å². The second-order valence-corrected chi connectivity index (χ2v) is 6.61. The monoisotopic (exact) mass is 306 g/mol. The van der Waals surface area contributed by atoms with E-state index in [0.29, 0.717) is 12.5 Å². The first-order valence-electron chi connectivity index (χ1n) is 8.30. The molecule has 1 saturated heterocycles. The minimum atomic E-state index is -0.307. The Labute approximate surface area is 134 Å². The highest BCUT2D eigenvalue weighted by Crippen LogP contribution is 2.15. The molecule has 1 unspecified atom stereocenters. The van der Waals surface area contributed by atoms with Crippen molar-refractivity contribution < 1.29 is 9.84 Å². The quantitative estimate of drug-likeness (QED) is 0.795. The van der Waals surface area contributed by atoms with E-state index in [-0.39, 0.29) is 6.10 Å². The number of hydrogen-bond donors (Lipinski definition) is 1. The summed E-state index contributed by atoms with van der Waals surface area (Å²) in [7, 11) is 4.17. The predicted octanol–water partition coefficient (Wildman–Crippen LogP) is 1.84. The highest BCUT2D eigenvalue weighted by Gasteiger charge is 2.18. The molecule has 2 rings (SSSR count). The van der Waals surface area contributed by atoms with Crippen molar-refractivity contribution in [1.82, 2.24) is 9.80 Å². The lowest BCUT2D eigenvalue weighted by Crippen LogP contribution is -2.39. The van der Waals surface area contributed by atoms with Crippen molar-refractivity contribution in [2.24, 2.45) is 5.92 Å². The molecule has 0 bridgehead atoms. The van der Waals surface area contributed by atoms with Gasteiger partial charge in [-0.25, -0.2) is 0 Å². The van der Waals surface area contributed by atoms with Crippen molar-refractivity contribution in [3.63, 3.8) is 0 Å². The Kier molecular flexibility index (Phi) is 7.33. The van der Waals surface area contributed by atoms with Crippen molar-refractivity contribution in [3.8, 4) is 0 Å². The standard InChI is InChI=1S/C18H30N2O2/c1-19(12-16-6-4-3-5-7-16)14-18(21)15-20(2)13-17-8-10-22-11-9-17/h3-7,17-18,21H,8-15H2,1-2H3. The van der Waals surface area contributed by atoms with Crippen molar-refractivity contribution in [3.05, 3.63) is 35.9 Å². The van der Waals surface area contributed by atoms with Crippen molar-refractivity contribution in [1.29, 1.82) is 0 Å². The molecule has 4 nitrogen and oxygen atoms in total. The summed E-state index contributed by atoms with van der Waals surface area (Å²) in [5.74, 6) is 0.716. The SMILES string of the molecule is CN(Cc1ccccc1)CC(O)CN(C)CC1CCOCC1. The average molecular weight is 306 g/mol. The summed E-state index contributed by atoms with van der Waals surface area (Å²) in [6.45, 7) is 5.15. The summed E-state index contributed by atoms with van der Waals surface area (Å²) in [4.78, 5) is 4.44. The summed E-state index contributed by atoms with van der Waals surface area (Å²) < 4.78 is 5.40. The second kappa shape index (κ2) is 9.26. The van der Waals surface area contributed by atoms with E-state index in [9.17, 15) is 5.11 Å². The molecule has 22 heavy (non-hydrogen) atoms. The van der Waals surface area contributed by atoms with E-state index in [1.807, 2.05) is 6.07 Å². The van der Waals surface area contributed by atoms with Crippen LogP contribution in [0.3, 0.4) is 0 Å². The zero-order valence-corrected chi connectivity index (χ0v) is 13.9. The molecule has 1 aliphatic rings. The fourth-order valence-electron chi connectivity index (χ4n) is 3.18. The minimum Gasteiger partial charge on any atom is -0.390 e. The Morgan fingerprint density at radius 3 is 2.41 bits per heavy atom. The number of aliphatic hydroxyl groups excluding tert-OH is 1. The van der Waals surface area contributed by atoms with Crippen LogP contribution in [0, 0.1) is 5.92 Å². The minimum absolute atomic E-state index is 0.307. The topological polar surface area (TPSA) is 35.9 Å². The van der Waals surface area contributed by atoms with Crippen LogP contribution < -0.4 is 0 Å². The number of nitrogens with zero attached hydrogens (tertiary/aromatic N) is 2. The molecule has 0 aliphatic carbocycles. The van der Waals surface area contributed by atoms with Gasteiger partial charge in [0.15, 0.2) is 0 Å². The van der Waals surface area contributed by atoms with Gasteiger partial charge in [0.25, 0.3) is 0 Å². The first-order valence-corrected chi connectivity index (χ1v) is 8.30. The van der Waals surface area contributed by atoms with Crippen LogP contribution in [0.25, 0.3) is 0 Å². The third-order valence-corrected chi connectivity index (χ3v) is 4.25. The molecule has 0 radical (unpaired) electrons. The fraction of sp³-hybridized carbons (Fsp3) is 0.667. The number of ether oxygens (including phenoxy) is 1. The molecule has 1 N–H and O–H groups in total. The maximum atomic E-state index is 10.3. The average Bonchev–Trinajstić information content (AvgIpc) is 2.48. The molecule has 1 aromatic rings. The van der Waals surface area contributed by atoms with Gasteiger partial charge in [-0.05, 0) is 38.4 Å². The maximum absolute atomic E-state index is 10.3. The van der Waals surface area contributed by atoms with E-state index in [1.54, 1.807) is 0 Å². The van der Waals surface area contributed by atoms with Gasteiger partial charge in [-0.3, -0.25) is 4.90 Å². The molecule has 1 aromatic carbocycles. The van der Waals surface area contributed by atoms with Gasteiger partial charge < -0.3 is 14.7 Å². The van der Waals surface area contributed by atoms with Gasteiger partial charge in [0.05, 0.1) is 6.10 Å². The van der Waals surface area contributed by atoms with Gasteiger partial charge in [-0.2, -0.15) is 0 Å². The molecule has 124 valence electrons. The first-order chi connectivity index (χ1) is 10.6. The fourth-order valence-corrected chi connectivity index (χ4v) is 3.18. The molecule has 0 amide bonds. The van der Waals surface area contributed by atoms with E-state index in [2.05, 4.69) is 48.2 Å². The molecular weight excluding hydrogens is 276 g/mol. The Balaban J connectivity index is 1.66. The van der Waals surface area contributed by atoms with E-state index in [0.717, 1.165) is 45.7 Å². The molecule has 0 aromatic heterocycles. The summed E-state index contributed by atoms with van der Waals surface area (Å²) in [6.07, 6.45) is 1.99. The van der Waals surface area contributed by atoms with E-state index >= 15 is 0 Å². The Hall–Kier alpha value is -0.940. The van der Waals surface area contributed by atoms with Crippen LogP contribution in [0.2, 0.25) is 0 Å². The number of likely N-dealkylation sites (N-methyl/N-ethyl adjacent to an activating group) is 2. The lowest BCUT2D eigenvalue weighted by molar-refractivity contribution is 0.0432. The largest absolute Gasteiger partial charge is 0.390 e. The van der Waals surface area contributed by atoms with E-state index in [1.165, 1.54) is 5.56 Å². The number of aliphatic hydroxyl groups is 1. The smallest absolute Gasteiger partial charge is 0.0793 e. The summed E-state index contributed by atoms with van der Waals surface area (Å²) in [6, 6.07) is 10.4. The summed E-state index contributed by atoms with van der Waals surface area (Å²) >= 11 is 0. The first kappa shape index (κ1) is 17.4.